The summed E-state index contributed by atoms with van der Waals surface area (Å²) in [6.07, 6.45) is 5.13. The number of carbonyl (C=O) groups is 1. The zero-order chi connectivity index (χ0) is 9.97. The second-order valence-corrected chi connectivity index (χ2v) is 2.87. The molecule has 2 aromatic rings. The first kappa shape index (κ1) is 8.45. The molecule has 2 rings (SSSR count). The summed E-state index contributed by atoms with van der Waals surface area (Å²) in [6.45, 7) is 0. The van der Waals surface area contributed by atoms with Gasteiger partial charge in [-0.05, 0) is 12.1 Å². The van der Waals surface area contributed by atoms with Gasteiger partial charge in [-0.25, -0.2) is 4.98 Å². The van der Waals surface area contributed by atoms with Gasteiger partial charge in [0, 0.05) is 24.2 Å². The number of carbonyl (C=O) groups excluding carboxylic acids is 1. The minimum absolute atomic E-state index is 0.0864. The fourth-order valence-electron chi connectivity index (χ4n) is 1.26. The zero-order valence-electron chi connectivity index (χ0n) is 7.34. The number of Topliss-reactive ketones (excluding diaryl/α,β-unsaturated/α-hetero) is 1. The second-order valence-electron chi connectivity index (χ2n) is 2.87. The topological polar surface area (TPSA) is 58.2 Å². The lowest BCUT2D eigenvalue weighted by Crippen LogP contribution is -1.98. The minimum Gasteiger partial charge on any atom is -0.307 e. The Hall–Kier alpha value is -2.15. The average Bonchev–Trinajstić information content (AvgIpc) is 2.64. The van der Waals surface area contributed by atoms with E-state index in [1.165, 1.54) is 0 Å². The van der Waals surface area contributed by atoms with Crippen LogP contribution in [0.2, 0.25) is 0 Å². The summed E-state index contributed by atoms with van der Waals surface area (Å²) in [5.41, 5.74) is 1.25. The number of hydrogen-bond donors (Lipinski definition) is 0. The van der Waals surface area contributed by atoms with Crippen LogP contribution in [0.1, 0.15) is 16.8 Å². The van der Waals surface area contributed by atoms with Crippen molar-refractivity contribution in [2.24, 2.45) is 0 Å². The van der Waals surface area contributed by atoms with Gasteiger partial charge in [-0.1, -0.05) is 0 Å². The molecule has 2 aromatic heterocycles. The molecule has 0 saturated carbocycles. The number of nitriles is 1. The number of hydrogen-bond acceptors (Lipinski definition) is 3. The molecule has 0 aliphatic rings. The van der Waals surface area contributed by atoms with Crippen molar-refractivity contribution in [2.75, 3.05) is 0 Å². The van der Waals surface area contributed by atoms with Crippen LogP contribution in [0.15, 0.2) is 30.7 Å². The predicted octanol–water partition coefficient (Wildman–Crippen LogP) is 1.43. The van der Waals surface area contributed by atoms with Crippen molar-refractivity contribution in [3.8, 4) is 6.07 Å². The number of rotatable bonds is 2. The molecule has 68 valence electrons. The number of nitrogens with zero attached hydrogens (tertiary/aromatic N) is 3. The van der Waals surface area contributed by atoms with Crippen LogP contribution in [0, 0.1) is 11.3 Å². The monoisotopic (exact) mass is 185 g/mol. The summed E-state index contributed by atoms with van der Waals surface area (Å²) < 4.78 is 1.81. The SMILES string of the molecule is N#CCC(=O)c1ccn2ccnc2c1. The predicted molar refractivity (Wildman–Crippen MR) is 49.8 cm³/mol. The molecule has 0 aromatic carbocycles. The molecule has 0 saturated heterocycles. The molecule has 0 spiro atoms. The maximum absolute atomic E-state index is 11.4. The van der Waals surface area contributed by atoms with Crippen LogP contribution in [0.3, 0.4) is 0 Å². The van der Waals surface area contributed by atoms with E-state index < -0.39 is 0 Å². The summed E-state index contributed by atoms with van der Waals surface area (Å²) in [5, 5.41) is 8.38. The standard InChI is InChI=1S/C10H7N3O/c11-3-1-9(14)8-2-5-13-6-4-12-10(13)7-8/h2,4-7H,1H2. The average molecular weight is 185 g/mol. The van der Waals surface area contributed by atoms with Crippen LogP contribution in [0.4, 0.5) is 0 Å². The van der Waals surface area contributed by atoms with Gasteiger partial charge in [-0.3, -0.25) is 4.79 Å². The third-order valence-electron chi connectivity index (χ3n) is 1.96. The second kappa shape index (κ2) is 3.30. The molecular formula is C10H7N3O. The van der Waals surface area contributed by atoms with Crippen molar-refractivity contribution >= 4 is 11.4 Å². The highest BCUT2D eigenvalue weighted by molar-refractivity contribution is 5.98. The van der Waals surface area contributed by atoms with E-state index in [9.17, 15) is 4.79 Å². The first-order chi connectivity index (χ1) is 6.81. The molecule has 0 amide bonds. The largest absolute Gasteiger partial charge is 0.307 e. The highest BCUT2D eigenvalue weighted by Gasteiger charge is 2.05. The zero-order valence-corrected chi connectivity index (χ0v) is 7.34. The molecule has 0 aliphatic heterocycles. The van der Waals surface area contributed by atoms with Crippen molar-refractivity contribution in [1.82, 2.24) is 9.38 Å². The molecule has 0 aliphatic carbocycles. The molecule has 0 fully saturated rings. The van der Waals surface area contributed by atoms with Crippen molar-refractivity contribution < 1.29 is 4.79 Å². The summed E-state index contributed by atoms with van der Waals surface area (Å²) in [5.74, 6) is -0.169. The van der Waals surface area contributed by atoms with Gasteiger partial charge in [0.15, 0.2) is 5.78 Å². The van der Waals surface area contributed by atoms with Crippen LogP contribution in [0.5, 0.6) is 0 Å². The van der Waals surface area contributed by atoms with E-state index in [2.05, 4.69) is 4.98 Å². The maximum atomic E-state index is 11.4. The van der Waals surface area contributed by atoms with Crippen molar-refractivity contribution in [3.63, 3.8) is 0 Å². The Bertz CT molecular complexity index is 521. The fourth-order valence-corrected chi connectivity index (χ4v) is 1.26. The Morgan fingerprint density at radius 2 is 2.43 bits per heavy atom. The van der Waals surface area contributed by atoms with Crippen molar-refractivity contribution in [1.29, 1.82) is 5.26 Å². The fraction of sp³-hybridized carbons (Fsp3) is 0.100. The number of ketones is 1. The van der Waals surface area contributed by atoms with Gasteiger partial charge in [0.25, 0.3) is 0 Å². The Kier molecular flexibility index (Phi) is 1.99. The summed E-state index contributed by atoms with van der Waals surface area (Å²) >= 11 is 0. The summed E-state index contributed by atoms with van der Waals surface area (Å²) in [4.78, 5) is 15.4. The third kappa shape index (κ3) is 1.36. The molecule has 0 radical (unpaired) electrons. The van der Waals surface area contributed by atoms with E-state index in [1.807, 2.05) is 10.5 Å². The molecule has 0 atom stereocenters. The van der Waals surface area contributed by atoms with E-state index in [1.54, 1.807) is 30.7 Å². The van der Waals surface area contributed by atoms with Gasteiger partial charge < -0.3 is 4.40 Å². The number of aromatic nitrogens is 2. The number of fused-ring (bicyclic) bond motifs is 1. The molecular weight excluding hydrogens is 178 g/mol. The van der Waals surface area contributed by atoms with E-state index in [0.29, 0.717) is 11.2 Å². The summed E-state index contributed by atoms with van der Waals surface area (Å²) in [6, 6.07) is 5.20. The lowest BCUT2D eigenvalue weighted by Gasteiger charge is -1.97. The highest BCUT2D eigenvalue weighted by Crippen LogP contribution is 2.07. The first-order valence-corrected chi connectivity index (χ1v) is 4.14. The summed E-state index contributed by atoms with van der Waals surface area (Å²) in [7, 11) is 0. The van der Waals surface area contributed by atoms with E-state index in [-0.39, 0.29) is 12.2 Å². The molecule has 14 heavy (non-hydrogen) atoms. The Morgan fingerprint density at radius 3 is 3.21 bits per heavy atom. The Balaban J connectivity index is 2.44. The van der Waals surface area contributed by atoms with Gasteiger partial charge >= 0.3 is 0 Å². The minimum atomic E-state index is -0.169. The number of pyridine rings is 1. The van der Waals surface area contributed by atoms with Crippen LogP contribution < -0.4 is 0 Å². The van der Waals surface area contributed by atoms with Gasteiger partial charge in [-0.15, -0.1) is 0 Å². The third-order valence-corrected chi connectivity index (χ3v) is 1.96. The Labute approximate surface area is 80.4 Å². The smallest absolute Gasteiger partial charge is 0.177 e. The Morgan fingerprint density at radius 1 is 1.57 bits per heavy atom. The van der Waals surface area contributed by atoms with Crippen molar-refractivity contribution in [2.45, 2.75) is 6.42 Å². The van der Waals surface area contributed by atoms with E-state index in [4.69, 9.17) is 5.26 Å². The number of imidazole rings is 1. The molecule has 2 heterocycles. The van der Waals surface area contributed by atoms with Crippen LogP contribution in [-0.4, -0.2) is 15.2 Å². The molecule has 4 heteroatoms. The first-order valence-electron chi connectivity index (χ1n) is 4.14. The van der Waals surface area contributed by atoms with Gasteiger partial charge in [0.1, 0.15) is 5.65 Å². The normalized spacial score (nSPS) is 9.93. The maximum Gasteiger partial charge on any atom is 0.177 e. The van der Waals surface area contributed by atoms with Crippen LogP contribution >= 0.6 is 0 Å². The molecule has 0 unspecified atom stereocenters. The molecule has 0 N–H and O–H groups in total. The van der Waals surface area contributed by atoms with Gasteiger partial charge in [-0.2, -0.15) is 5.26 Å². The van der Waals surface area contributed by atoms with E-state index in [0.717, 1.165) is 0 Å². The van der Waals surface area contributed by atoms with E-state index >= 15 is 0 Å². The van der Waals surface area contributed by atoms with Crippen molar-refractivity contribution in [3.05, 3.63) is 36.3 Å². The lowest BCUT2D eigenvalue weighted by atomic mass is 10.1. The van der Waals surface area contributed by atoms with Crippen LogP contribution in [-0.2, 0) is 0 Å². The molecule has 0 bridgehead atoms. The van der Waals surface area contributed by atoms with Crippen LogP contribution in [0.25, 0.3) is 5.65 Å². The quantitative estimate of drug-likeness (QED) is 0.665. The molecule has 4 nitrogen and oxygen atoms in total. The lowest BCUT2D eigenvalue weighted by molar-refractivity contribution is 0.0997. The van der Waals surface area contributed by atoms with Gasteiger partial charge in [0.05, 0.1) is 12.5 Å². The highest BCUT2D eigenvalue weighted by atomic mass is 16.1. The van der Waals surface area contributed by atoms with Gasteiger partial charge in [0.2, 0.25) is 0 Å².